The number of rotatable bonds is 3. The third-order valence-corrected chi connectivity index (χ3v) is 3.79. The Morgan fingerprint density at radius 2 is 1.50 bits per heavy atom. The van der Waals surface area contributed by atoms with Crippen molar-refractivity contribution in [2.75, 3.05) is 0 Å². The first-order valence-corrected chi connectivity index (χ1v) is 6.46. The fourth-order valence-corrected chi connectivity index (χ4v) is 2.62. The third kappa shape index (κ3) is 2.46. The lowest BCUT2D eigenvalue weighted by atomic mass is 9.92. The van der Waals surface area contributed by atoms with Gasteiger partial charge in [0.25, 0.3) is 0 Å². The lowest BCUT2D eigenvalue weighted by Crippen LogP contribution is -2.08. The van der Waals surface area contributed by atoms with Crippen molar-refractivity contribution in [2.24, 2.45) is 5.92 Å². The van der Waals surface area contributed by atoms with Gasteiger partial charge in [-0.3, -0.25) is 0 Å². The Morgan fingerprint density at radius 3 is 2.00 bits per heavy atom. The van der Waals surface area contributed by atoms with Crippen molar-refractivity contribution in [3.8, 4) is 0 Å². The molecule has 1 aromatic carbocycles. The van der Waals surface area contributed by atoms with Crippen LogP contribution in [0.4, 0.5) is 0 Å². The molecule has 1 unspecified atom stereocenters. The molecule has 1 heteroatoms. The van der Waals surface area contributed by atoms with Crippen LogP contribution in [0.15, 0.2) is 24.3 Å². The maximum absolute atomic E-state index is 10.2. The van der Waals surface area contributed by atoms with Crippen LogP contribution in [0, 0.1) is 5.92 Å². The van der Waals surface area contributed by atoms with E-state index in [1.807, 2.05) is 0 Å². The van der Waals surface area contributed by atoms with Crippen LogP contribution in [0.5, 0.6) is 0 Å². The van der Waals surface area contributed by atoms with E-state index in [0.717, 1.165) is 5.56 Å². The molecule has 0 bridgehead atoms. The van der Waals surface area contributed by atoms with E-state index in [4.69, 9.17) is 0 Å². The molecule has 0 heterocycles. The SMILES string of the molecule is CC(C)c1ccc(C(O)C2CCCC2)cc1. The Morgan fingerprint density at radius 1 is 1.00 bits per heavy atom. The number of hydrogen-bond acceptors (Lipinski definition) is 1. The highest BCUT2D eigenvalue weighted by atomic mass is 16.3. The first-order chi connectivity index (χ1) is 7.68. The Hall–Kier alpha value is -0.820. The maximum atomic E-state index is 10.2. The summed E-state index contributed by atoms with van der Waals surface area (Å²) in [7, 11) is 0. The molecule has 0 spiro atoms. The molecule has 1 saturated carbocycles. The van der Waals surface area contributed by atoms with Gasteiger partial charge in [0.15, 0.2) is 0 Å². The van der Waals surface area contributed by atoms with Gasteiger partial charge in [0.05, 0.1) is 6.10 Å². The van der Waals surface area contributed by atoms with E-state index in [9.17, 15) is 5.11 Å². The molecule has 1 nitrogen and oxygen atoms in total. The molecular weight excluding hydrogens is 196 g/mol. The van der Waals surface area contributed by atoms with E-state index >= 15 is 0 Å². The molecule has 0 amide bonds. The van der Waals surface area contributed by atoms with Crippen molar-refractivity contribution in [1.29, 1.82) is 0 Å². The molecule has 1 aliphatic carbocycles. The van der Waals surface area contributed by atoms with Crippen molar-refractivity contribution in [1.82, 2.24) is 0 Å². The van der Waals surface area contributed by atoms with E-state index in [0.29, 0.717) is 11.8 Å². The molecule has 88 valence electrons. The molecule has 2 rings (SSSR count). The number of hydrogen-bond donors (Lipinski definition) is 1. The van der Waals surface area contributed by atoms with E-state index in [1.165, 1.54) is 31.2 Å². The van der Waals surface area contributed by atoms with E-state index in [-0.39, 0.29) is 6.10 Å². The minimum absolute atomic E-state index is 0.247. The summed E-state index contributed by atoms with van der Waals surface area (Å²) in [6.45, 7) is 4.39. The Kier molecular flexibility index (Phi) is 3.65. The second-order valence-electron chi connectivity index (χ2n) is 5.31. The minimum Gasteiger partial charge on any atom is -0.388 e. The van der Waals surface area contributed by atoms with E-state index in [2.05, 4.69) is 38.1 Å². The molecule has 16 heavy (non-hydrogen) atoms. The summed E-state index contributed by atoms with van der Waals surface area (Å²) < 4.78 is 0. The van der Waals surface area contributed by atoms with Crippen LogP contribution in [0.1, 0.15) is 62.7 Å². The summed E-state index contributed by atoms with van der Waals surface area (Å²) in [5.74, 6) is 1.06. The van der Waals surface area contributed by atoms with Crippen molar-refractivity contribution in [3.63, 3.8) is 0 Å². The second kappa shape index (κ2) is 5.01. The normalized spacial score (nSPS) is 19.2. The van der Waals surface area contributed by atoms with Crippen LogP contribution in [0.25, 0.3) is 0 Å². The third-order valence-electron chi connectivity index (χ3n) is 3.79. The Labute approximate surface area is 98.5 Å². The Bertz CT molecular complexity index is 320. The molecule has 1 N–H and O–H groups in total. The molecule has 1 atom stereocenters. The smallest absolute Gasteiger partial charge is 0.0818 e. The summed E-state index contributed by atoms with van der Waals surface area (Å²) >= 11 is 0. The van der Waals surface area contributed by atoms with Gasteiger partial charge in [-0.1, -0.05) is 51.0 Å². The molecule has 0 aromatic heterocycles. The zero-order valence-corrected chi connectivity index (χ0v) is 10.3. The highest BCUT2D eigenvalue weighted by Gasteiger charge is 2.24. The van der Waals surface area contributed by atoms with Gasteiger partial charge < -0.3 is 5.11 Å². The fourth-order valence-electron chi connectivity index (χ4n) is 2.62. The largest absolute Gasteiger partial charge is 0.388 e. The van der Waals surface area contributed by atoms with Gasteiger partial charge in [-0.25, -0.2) is 0 Å². The highest BCUT2D eigenvalue weighted by Crippen LogP contribution is 2.35. The molecule has 1 aliphatic rings. The molecule has 0 aliphatic heterocycles. The van der Waals surface area contributed by atoms with Gasteiger partial charge in [0.2, 0.25) is 0 Å². The van der Waals surface area contributed by atoms with Crippen LogP contribution in [-0.4, -0.2) is 5.11 Å². The topological polar surface area (TPSA) is 20.2 Å². The average molecular weight is 218 g/mol. The van der Waals surface area contributed by atoms with Crippen molar-refractivity contribution in [2.45, 2.75) is 51.6 Å². The minimum atomic E-state index is -0.247. The summed E-state index contributed by atoms with van der Waals surface area (Å²) in [5, 5.41) is 10.2. The molecule has 0 radical (unpaired) electrons. The summed E-state index contributed by atoms with van der Waals surface area (Å²) in [6, 6.07) is 8.49. The van der Waals surface area contributed by atoms with Gasteiger partial charge in [0, 0.05) is 0 Å². The van der Waals surface area contributed by atoms with Gasteiger partial charge >= 0.3 is 0 Å². The standard InChI is InChI=1S/C15H22O/c1-11(2)12-7-9-14(10-8-12)15(16)13-5-3-4-6-13/h7-11,13,15-16H,3-6H2,1-2H3. The lowest BCUT2D eigenvalue weighted by Gasteiger charge is -2.18. The van der Waals surface area contributed by atoms with Crippen LogP contribution in [0.2, 0.25) is 0 Å². The van der Waals surface area contributed by atoms with Gasteiger partial charge in [-0.05, 0) is 35.8 Å². The first kappa shape index (κ1) is 11.7. The summed E-state index contributed by atoms with van der Waals surface area (Å²) in [5.41, 5.74) is 2.44. The average Bonchev–Trinajstić information content (AvgIpc) is 2.81. The van der Waals surface area contributed by atoms with E-state index in [1.54, 1.807) is 0 Å². The van der Waals surface area contributed by atoms with Crippen LogP contribution < -0.4 is 0 Å². The van der Waals surface area contributed by atoms with Crippen LogP contribution >= 0.6 is 0 Å². The number of aliphatic hydroxyl groups excluding tert-OH is 1. The molecule has 0 saturated heterocycles. The molecule has 1 fully saturated rings. The Balaban J connectivity index is 2.08. The summed E-state index contributed by atoms with van der Waals surface area (Å²) in [6.07, 6.45) is 4.70. The van der Waals surface area contributed by atoms with Gasteiger partial charge in [0.1, 0.15) is 0 Å². The molecule has 1 aromatic rings. The van der Waals surface area contributed by atoms with Crippen molar-refractivity contribution >= 4 is 0 Å². The van der Waals surface area contributed by atoms with Gasteiger partial charge in [-0.15, -0.1) is 0 Å². The number of benzene rings is 1. The van der Waals surface area contributed by atoms with E-state index < -0.39 is 0 Å². The zero-order valence-electron chi connectivity index (χ0n) is 10.3. The summed E-state index contributed by atoms with van der Waals surface area (Å²) in [4.78, 5) is 0. The quantitative estimate of drug-likeness (QED) is 0.812. The number of aliphatic hydroxyl groups is 1. The fraction of sp³-hybridized carbons (Fsp3) is 0.600. The van der Waals surface area contributed by atoms with Crippen molar-refractivity contribution < 1.29 is 5.11 Å². The predicted molar refractivity (Wildman–Crippen MR) is 67.4 cm³/mol. The zero-order chi connectivity index (χ0) is 11.5. The monoisotopic (exact) mass is 218 g/mol. The van der Waals surface area contributed by atoms with Crippen LogP contribution in [0.3, 0.4) is 0 Å². The highest BCUT2D eigenvalue weighted by molar-refractivity contribution is 5.26. The van der Waals surface area contributed by atoms with Crippen molar-refractivity contribution in [3.05, 3.63) is 35.4 Å². The lowest BCUT2D eigenvalue weighted by molar-refractivity contribution is 0.111. The maximum Gasteiger partial charge on any atom is 0.0818 e. The first-order valence-electron chi connectivity index (χ1n) is 6.46. The second-order valence-corrected chi connectivity index (χ2v) is 5.31. The van der Waals surface area contributed by atoms with Gasteiger partial charge in [-0.2, -0.15) is 0 Å². The molecular formula is C15H22O. The van der Waals surface area contributed by atoms with Crippen LogP contribution in [-0.2, 0) is 0 Å². The predicted octanol–water partition coefficient (Wildman–Crippen LogP) is 4.03.